The molecule has 0 bridgehead atoms. The van der Waals surface area contributed by atoms with Crippen molar-refractivity contribution in [3.05, 3.63) is 161 Å². The maximum Gasteiger partial charge on any atom is 0.0746 e. The Morgan fingerprint density at radius 1 is 0.314 bits per heavy atom. The van der Waals surface area contributed by atoms with Crippen LogP contribution in [0.5, 0.6) is 0 Å². The highest BCUT2D eigenvalue weighted by Crippen LogP contribution is 2.52. The molecule has 0 saturated carbocycles. The molecule has 51 heavy (non-hydrogen) atoms. The van der Waals surface area contributed by atoms with Crippen molar-refractivity contribution in [2.75, 3.05) is 0 Å². The van der Waals surface area contributed by atoms with Gasteiger partial charge in [0.1, 0.15) is 0 Å². The average Bonchev–Trinajstić information content (AvgIpc) is 3.64. The van der Waals surface area contributed by atoms with E-state index in [1.54, 1.807) is 0 Å². The molecule has 3 aromatic heterocycles. The molecule has 10 rings (SSSR count). The number of nitrogens with zero attached hydrogens (tertiary/aromatic N) is 3. The van der Waals surface area contributed by atoms with E-state index in [2.05, 4.69) is 169 Å². The van der Waals surface area contributed by atoms with Crippen molar-refractivity contribution >= 4 is 0 Å². The lowest BCUT2D eigenvalue weighted by atomic mass is 9.81. The van der Waals surface area contributed by atoms with Crippen molar-refractivity contribution in [3.63, 3.8) is 0 Å². The van der Waals surface area contributed by atoms with Crippen molar-refractivity contribution in [2.45, 2.75) is 57.8 Å². The lowest BCUT2D eigenvalue weighted by Crippen LogP contribution is -2.15. The summed E-state index contributed by atoms with van der Waals surface area (Å²) in [4.78, 5) is 15.4. The molecule has 3 heterocycles. The minimum Gasteiger partial charge on any atom is -0.255 e. The lowest BCUT2D eigenvalue weighted by Gasteiger charge is -2.22. The minimum absolute atomic E-state index is 0.135. The predicted octanol–water partition coefficient (Wildman–Crippen LogP) is 11.8. The van der Waals surface area contributed by atoms with Gasteiger partial charge in [0.05, 0.1) is 17.1 Å². The van der Waals surface area contributed by atoms with Gasteiger partial charge in [-0.1, -0.05) is 114 Å². The Balaban J connectivity index is 1.16. The highest BCUT2D eigenvalue weighted by Gasteiger charge is 2.39. The van der Waals surface area contributed by atoms with E-state index in [-0.39, 0.29) is 16.2 Å². The van der Waals surface area contributed by atoms with E-state index < -0.39 is 0 Å². The summed E-state index contributed by atoms with van der Waals surface area (Å²) in [7, 11) is 0. The van der Waals surface area contributed by atoms with E-state index in [0.29, 0.717) is 0 Å². The molecule has 0 saturated heterocycles. The topological polar surface area (TPSA) is 38.7 Å². The number of benzene rings is 4. The van der Waals surface area contributed by atoms with Crippen LogP contribution in [0, 0.1) is 0 Å². The van der Waals surface area contributed by atoms with Gasteiger partial charge in [-0.15, -0.1) is 0 Å². The van der Waals surface area contributed by atoms with E-state index in [0.717, 1.165) is 50.5 Å². The fourth-order valence-corrected chi connectivity index (χ4v) is 9.21. The first-order chi connectivity index (χ1) is 24.5. The second-order valence-electron chi connectivity index (χ2n) is 16.2. The van der Waals surface area contributed by atoms with Gasteiger partial charge in [0.25, 0.3) is 0 Å². The molecule has 3 aliphatic carbocycles. The summed E-state index contributed by atoms with van der Waals surface area (Å²) in [6.45, 7) is 13.9. The van der Waals surface area contributed by atoms with Crippen molar-refractivity contribution in [1.82, 2.24) is 15.0 Å². The van der Waals surface area contributed by atoms with E-state index in [9.17, 15) is 0 Å². The summed E-state index contributed by atoms with van der Waals surface area (Å²) in [5.74, 6) is 0. The molecule has 0 unspecified atom stereocenters. The Morgan fingerprint density at radius 3 is 0.882 bits per heavy atom. The van der Waals surface area contributed by atoms with Crippen molar-refractivity contribution in [1.29, 1.82) is 0 Å². The molecule has 0 N–H and O–H groups in total. The first-order valence-corrected chi connectivity index (χ1v) is 18.0. The molecule has 3 aliphatic rings. The van der Waals surface area contributed by atoms with Crippen LogP contribution < -0.4 is 0 Å². The molecule has 0 amide bonds. The molecule has 0 atom stereocenters. The molecule has 3 nitrogen and oxygen atoms in total. The van der Waals surface area contributed by atoms with E-state index in [4.69, 9.17) is 15.0 Å². The summed E-state index contributed by atoms with van der Waals surface area (Å²) < 4.78 is 0. The third-order valence-electron chi connectivity index (χ3n) is 12.2. The van der Waals surface area contributed by atoms with Gasteiger partial charge in [-0.05, 0) is 86.5 Å². The van der Waals surface area contributed by atoms with E-state index in [1.165, 1.54) is 50.1 Å². The summed E-state index contributed by atoms with van der Waals surface area (Å²) in [6.07, 6.45) is 6.17. The van der Waals surface area contributed by atoms with Crippen LogP contribution in [-0.4, -0.2) is 15.0 Å². The molecule has 246 valence electrons. The molecule has 7 aromatic rings. The van der Waals surface area contributed by atoms with Gasteiger partial charge in [0, 0.05) is 68.2 Å². The summed E-state index contributed by atoms with van der Waals surface area (Å²) >= 11 is 0. The zero-order valence-corrected chi connectivity index (χ0v) is 30.0. The van der Waals surface area contributed by atoms with Crippen LogP contribution in [0.15, 0.2) is 128 Å². The zero-order valence-electron chi connectivity index (χ0n) is 30.0. The average molecular weight is 658 g/mol. The van der Waals surface area contributed by atoms with Crippen LogP contribution in [0.4, 0.5) is 0 Å². The molecule has 4 aromatic carbocycles. The van der Waals surface area contributed by atoms with Crippen LogP contribution in [0.2, 0.25) is 0 Å². The van der Waals surface area contributed by atoms with Gasteiger partial charge >= 0.3 is 0 Å². The van der Waals surface area contributed by atoms with Gasteiger partial charge in [-0.25, -0.2) is 0 Å². The molecular formula is C48H39N3. The molecular weight excluding hydrogens is 619 g/mol. The molecule has 0 aliphatic heterocycles. The first kappa shape index (κ1) is 30.2. The standard InChI is InChI=1S/C48H39N3/c1-46(2)37-16-10-7-13-34(37)43-40(46)22-31(25-49-43)28-19-29(32-23-41-44(50-26-32)35-14-8-11-17-38(35)47(41,3)4)21-30(20-28)33-24-42-45(51-27-33)36-15-9-12-18-39(36)48(42,5)6/h7-27H,1-6H3. The van der Waals surface area contributed by atoms with Crippen molar-refractivity contribution in [3.8, 4) is 67.2 Å². The second-order valence-corrected chi connectivity index (χ2v) is 16.2. The van der Waals surface area contributed by atoms with Gasteiger partial charge in [0.2, 0.25) is 0 Å². The van der Waals surface area contributed by atoms with Crippen molar-refractivity contribution < 1.29 is 0 Å². The monoisotopic (exact) mass is 657 g/mol. The molecule has 0 fully saturated rings. The maximum atomic E-state index is 5.13. The number of fused-ring (bicyclic) bond motifs is 9. The Bertz CT molecular complexity index is 2320. The Hall–Kier alpha value is -5.67. The van der Waals surface area contributed by atoms with Crippen LogP contribution in [0.25, 0.3) is 67.2 Å². The van der Waals surface area contributed by atoms with Gasteiger partial charge in [-0.3, -0.25) is 15.0 Å². The van der Waals surface area contributed by atoms with E-state index >= 15 is 0 Å². The van der Waals surface area contributed by atoms with Gasteiger partial charge < -0.3 is 0 Å². The van der Waals surface area contributed by atoms with Crippen LogP contribution >= 0.6 is 0 Å². The summed E-state index contributed by atoms with van der Waals surface area (Å²) in [5, 5.41) is 0. The largest absolute Gasteiger partial charge is 0.255 e. The van der Waals surface area contributed by atoms with Gasteiger partial charge in [0.15, 0.2) is 0 Å². The maximum absolute atomic E-state index is 5.13. The number of hydrogen-bond donors (Lipinski definition) is 0. The Labute approximate surface area is 300 Å². The SMILES string of the molecule is CC1(C)c2ccccc2-c2ncc(-c3cc(-c4cnc5c(c4)C(C)(C)c4ccccc4-5)cc(-c4cnc5c(c4)C(C)(C)c4ccccc4-5)c3)cc21. The normalized spacial score (nSPS) is 16.1. The number of pyridine rings is 3. The minimum atomic E-state index is -0.135. The number of hydrogen-bond acceptors (Lipinski definition) is 3. The smallest absolute Gasteiger partial charge is 0.0746 e. The highest BCUT2D eigenvalue weighted by molar-refractivity contribution is 5.87. The Kier molecular flexibility index (Phi) is 6.04. The predicted molar refractivity (Wildman–Crippen MR) is 209 cm³/mol. The summed E-state index contributed by atoms with van der Waals surface area (Å²) in [5.41, 5.74) is 21.1. The third kappa shape index (κ3) is 4.15. The fourth-order valence-electron chi connectivity index (χ4n) is 9.21. The van der Waals surface area contributed by atoms with Gasteiger partial charge in [-0.2, -0.15) is 0 Å². The lowest BCUT2D eigenvalue weighted by molar-refractivity contribution is 0.659. The van der Waals surface area contributed by atoms with Crippen LogP contribution in [0.1, 0.15) is 74.9 Å². The highest BCUT2D eigenvalue weighted by atomic mass is 14.7. The zero-order chi connectivity index (χ0) is 34.9. The first-order valence-electron chi connectivity index (χ1n) is 18.0. The van der Waals surface area contributed by atoms with Crippen LogP contribution in [0.3, 0.4) is 0 Å². The number of rotatable bonds is 3. The molecule has 0 spiro atoms. The summed E-state index contributed by atoms with van der Waals surface area (Å²) in [6, 6.07) is 40.2. The Morgan fingerprint density at radius 2 is 0.588 bits per heavy atom. The van der Waals surface area contributed by atoms with Crippen molar-refractivity contribution in [2.24, 2.45) is 0 Å². The van der Waals surface area contributed by atoms with Crippen LogP contribution in [-0.2, 0) is 16.2 Å². The second kappa shape index (κ2) is 10.2. The molecule has 0 radical (unpaired) electrons. The molecule has 3 heteroatoms. The number of aromatic nitrogens is 3. The third-order valence-corrected chi connectivity index (χ3v) is 12.2. The fraction of sp³-hybridized carbons (Fsp3) is 0.188. The van der Waals surface area contributed by atoms with E-state index in [1.807, 2.05) is 0 Å². The quantitative estimate of drug-likeness (QED) is 0.190.